The Labute approximate surface area is 129 Å². The molecule has 0 saturated carbocycles. The lowest BCUT2D eigenvalue weighted by molar-refractivity contribution is 0.0384. The minimum absolute atomic E-state index is 0.113. The van der Waals surface area contributed by atoms with Gasteiger partial charge in [-0.25, -0.2) is 0 Å². The third-order valence-corrected chi connectivity index (χ3v) is 5.06. The molecule has 4 heteroatoms. The molecule has 0 spiro atoms. The van der Waals surface area contributed by atoms with Gasteiger partial charge in [0.15, 0.2) is 0 Å². The van der Waals surface area contributed by atoms with Gasteiger partial charge >= 0.3 is 0 Å². The van der Waals surface area contributed by atoms with E-state index in [9.17, 15) is 0 Å². The van der Waals surface area contributed by atoms with Gasteiger partial charge in [0.05, 0.1) is 11.1 Å². The standard InChI is InChI=1S/C15H22BrClN2/c1-15(2,3)19-8-4-5-13(18)14(19)10-6-7-11(16)12(17)9-10/h6-7,9,13-14H,4-5,8,18H2,1-3H3. The van der Waals surface area contributed by atoms with Gasteiger partial charge in [-0.05, 0) is 73.8 Å². The summed E-state index contributed by atoms with van der Waals surface area (Å²) in [5, 5.41) is 0.754. The summed E-state index contributed by atoms with van der Waals surface area (Å²) in [4.78, 5) is 2.50. The average Bonchev–Trinajstić information content (AvgIpc) is 2.31. The van der Waals surface area contributed by atoms with Crippen molar-refractivity contribution >= 4 is 27.5 Å². The van der Waals surface area contributed by atoms with E-state index in [1.807, 2.05) is 12.1 Å². The van der Waals surface area contributed by atoms with Gasteiger partial charge in [-0.2, -0.15) is 0 Å². The molecule has 0 amide bonds. The van der Waals surface area contributed by atoms with Gasteiger partial charge in [0, 0.05) is 16.1 Å². The molecule has 2 nitrogen and oxygen atoms in total. The van der Waals surface area contributed by atoms with Gasteiger partial charge in [0.25, 0.3) is 0 Å². The van der Waals surface area contributed by atoms with Crippen molar-refractivity contribution in [1.29, 1.82) is 0 Å². The van der Waals surface area contributed by atoms with Crippen LogP contribution in [0, 0.1) is 0 Å². The topological polar surface area (TPSA) is 29.3 Å². The van der Waals surface area contributed by atoms with Crippen molar-refractivity contribution in [2.75, 3.05) is 6.54 Å². The van der Waals surface area contributed by atoms with Gasteiger partial charge in [-0.1, -0.05) is 17.7 Å². The van der Waals surface area contributed by atoms with Crippen LogP contribution in [0.5, 0.6) is 0 Å². The molecule has 0 aromatic heterocycles. The SMILES string of the molecule is CC(C)(C)N1CCCC(N)C1c1ccc(Br)c(Cl)c1. The van der Waals surface area contributed by atoms with Gasteiger partial charge in [-0.15, -0.1) is 0 Å². The number of piperidine rings is 1. The van der Waals surface area contributed by atoms with E-state index < -0.39 is 0 Å². The zero-order valence-electron chi connectivity index (χ0n) is 11.8. The predicted octanol–water partition coefficient (Wildman–Crippen LogP) is 4.37. The van der Waals surface area contributed by atoms with E-state index in [0.29, 0.717) is 0 Å². The maximum absolute atomic E-state index is 6.39. The fraction of sp³-hybridized carbons (Fsp3) is 0.600. The van der Waals surface area contributed by atoms with E-state index in [0.717, 1.165) is 22.5 Å². The summed E-state index contributed by atoms with van der Waals surface area (Å²) in [6.45, 7) is 7.84. The van der Waals surface area contributed by atoms with Crippen molar-refractivity contribution in [1.82, 2.24) is 4.90 Å². The average molecular weight is 346 g/mol. The van der Waals surface area contributed by atoms with E-state index in [1.54, 1.807) is 0 Å². The minimum atomic E-state index is 0.113. The third kappa shape index (κ3) is 3.33. The normalized spacial score (nSPS) is 25.6. The highest BCUT2D eigenvalue weighted by atomic mass is 79.9. The number of benzene rings is 1. The Balaban J connectivity index is 2.39. The predicted molar refractivity (Wildman–Crippen MR) is 85.6 cm³/mol. The molecule has 1 aliphatic heterocycles. The smallest absolute Gasteiger partial charge is 0.0551 e. The summed E-state index contributed by atoms with van der Waals surface area (Å²) in [5.74, 6) is 0. The van der Waals surface area contributed by atoms with Crippen LogP contribution in [0.1, 0.15) is 45.2 Å². The summed E-state index contributed by atoms with van der Waals surface area (Å²) >= 11 is 9.68. The minimum Gasteiger partial charge on any atom is -0.326 e. The van der Waals surface area contributed by atoms with E-state index in [2.05, 4.69) is 47.7 Å². The maximum atomic E-state index is 6.39. The third-order valence-electron chi connectivity index (χ3n) is 3.82. The number of halogens is 2. The summed E-state index contributed by atoms with van der Waals surface area (Å²) in [6.07, 6.45) is 2.24. The molecule has 1 aromatic rings. The Morgan fingerprint density at radius 2 is 2.05 bits per heavy atom. The van der Waals surface area contributed by atoms with Crippen molar-refractivity contribution in [3.05, 3.63) is 33.3 Å². The molecule has 19 heavy (non-hydrogen) atoms. The number of hydrogen-bond acceptors (Lipinski definition) is 2. The van der Waals surface area contributed by atoms with Gasteiger partial charge < -0.3 is 5.73 Å². The first-order valence-electron chi connectivity index (χ1n) is 6.78. The van der Waals surface area contributed by atoms with Crippen LogP contribution in [0.3, 0.4) is 0 Å². The Bertz CT molecular complexity index is 456. The molecule has 0 bridgehead atoms. The molecule has 106 valence electrons. The maximum Gasteiger partial charge on any atom is 0.0551 e. The van der Waals surface area contributed by atoms with Crippen molar-refractivity contribution in [3.8, 4) is 0 Å². The van der Waals surface area contributed by atoms with Crippen molar-refractivity contribution in [2.45, 2.75) is 51.2 Å². The van der Waals surface area contributed by atoms with E-state index in [-0.39, 0.29) is 17.6 Å². The van der Waals surface area contributed by atoms with Crippen LogP contribution >= 0.6 is 27.5 Å². The van der Waals surface area contributed by atoms with Gasteiger partial charge in [0.2, 0.25) is 0 Å². The van der Waals surface area contributed by atoms with Crippen LogP contribution in [-0.4, -0.2) is 23.0 Å². The first-order chi connectivity index (χ1) is 8.80. The van der Waals surface area contributed by atoms with Gasteiger partial charge in [0.1, 0.15) is 0 Å². The largest absolute Gasteiger partial charge is 0.326 e. The van der Waals surface area contributed by atoms with Crippen LogP contribution in [-0.2, 0) is 0 Å². The Hall–Kier alpha value is -0.0900. The zero-order chi connectivity index (χ0) is 14.2. The second-order valence-corrected chi connectivity index (χ2v) is 7.55. The second kappa shape index (κ2) is 5.72. The molecule has 2 N–H and O–H groups in total. The van der Waals surface area contributed by atoms with E-state index >= 15 is 0 Å². The molecule has 1 fully saturated rings. The number of hydrogen-bond donors (Lipinski definition) is 1. The molecular weight excluding hydrogens is 324 g/mol. The molecule has 1 heterocycles. The quantitative estimate of drug-likeness (QED) is 0.819. The number of nitrogens with zero attached hydrogens (tertiary/aromatic N) is 1. The molecule has 0 aliphatic carbocycles. The highest BCUT2D eigenvalue weighted by Crippen LogP contribution is 2.37. The molecule has 0 radical (unpaired) electrons. The first-order valence-corrected chi connectivity index (χ1v) is 7.95. The van der Waals surface area contributed by atoms with Crippen LogP contribution < -0.4 is 5.73 Å². The summed E-state index contributed by atoms with van der Waals surface area (Å²) in [6, 6.07) is 6.61. The first kappa shape index (κ1) is 15.3. The Morgan fingerprint density at radius 3 is 2.63 bits per heavy atom. The van der Waals surface area contributed by atoms with Crippen molar-refractivity contribution in [2.24, 2.45) is 5.73 Å². The lowest BCUT2D eigenvalue weighted by Crippen LogP contribution is -2.53. The highest BCUT2D eigenvalue weighted by Gasteiger charge is 2.36. The Kier molecular flexibility index (Phi) is 4.61. The summed E-state index contributed by atoms with van der Waals surface area (Å²) in [7, 11) is 0. The molecule has 1 aliphatic rings. The zero-order valence-corrected chi connectivity index (χ0v) is 14.1. The molecule has 2 unspecified atom stereocenters. The number of rotatable bonds is 1. The Morgan fingerprint density at radius 1 is 1.37 bits per heavy atom. The van der Waals surface area contributed by atoms with Crippen LogP contribution in [0.4, 0.5) is 0 Å². The fourth-order valence-electron chi connectivity index (χ4n) is 2.90. The second-order valence-electron chi connectivity index (χ2n) is 6.29. The van der Waals surface area contributed by atoms with Crippen LogP contribution in [0.15, 0.2) is 22.7 Å². The monoisotopic (exact) mass is 344 g/mol. The summed E-state index contributed by atoms with van der Waals surface area (Å²) < 4.78 is 0.935. The van der Waals surface area contributed by atoms with Crippen molar-refractivity contribution < 1.29 is 0 Å². The molecule has 2 rings (SSSR count). The lowest BCUT2D eigenvalue weighted by Gasteiger charge is -2.47. The highest BCUT2D eigenvalue weighted by molar-refractivity contribution is 9.10. The van der Waals surface area contributed by atoms with Crippen LogP contribution in [0.25, 0.3) is 0 Å². The molecule has 2 atom stereocenters. The lowest BCUT2D eigenvalue weighted by atomic mass is 9.87. The number of nitrogens with two attached hydrogens (primary N) is 1. The van der Waals surface area contributed by atoms with Crippen molar-refractivity contribution in [3.63, 3.8) is 0 Å². The van der Waals surface area contributed by atoms with E-state index in [4.69, 9.17) is 17.3 Å². The molecule has 1 saturated heterocycles. The van der Waals surface area contributed by atoms with Gasteiger partial charge in [-0.3, -0.25) is 4.90 Å². The summed E-state index contributed by atoms with van der Waals surface area (Å²) in [5.41, 5.74) is 7.72. The number of likely N-dealkylation sites (tertiary alicyclic amines) is 1. The molecular formula is C15H22BrClN2. The van der Waals surface area contributed by atoms with E-state index in [1.165, 1.54) is 12.0 Å². The molecule has 1 aromatic carbocycles. The fourth-order valence-corrected chi connectivity index (χ4v) is 3.34. The van der Waals surface area contributed by atoms with Crippen LogP contribution in [0.2, 0.25) is 5.02 Å².